The normalized spacial score (nSPS) is 20.7. The van der Waals surface area contributed by atoms with Crippen LogP contribution < -0.4 is 11.1 Å². The number of methoxy groups -OCH3 is 1. The third kappa shape index (κ3) is 2.42. The van der Waals surface area contributed by atoms with Crippen molar-refractivity contribution >= 4 is 5.69 Å². The molecule has 0 saturated carbocycles. The summed E-state index contributed by atoms with van der Waals surface area (Å²) in [7, 11) is 1.72. The molecule has 0 saturated heterocycles. The molecule has 0 fully saturated rings. The number of nitrogens with one attached hydrogen (secondary N) is 1. The quantitative estimate of drug-likeness (QED) is 0.893. The van der Waals surface area contributed by atoms with Crippen molar-refractivity contribution in [1.29, 1.82) is 0 Å². The summed E-state index contributed by atoms with van der Waals surface area (Å²) in [5.41, 5.74) is 11.1. The predicted octanol–water partition coefficient (Wildman–Crippen LogP) is 3.39. The highest BCUT2D eigenvalue weighted by Crippen LogP contribution is 2.39. The second-order valence-electron chi connectivity index (χ2n) is 5.26. The van der Waals surface area contributed by atoms with Crippen LogP contribution in [0.5, 0.6) is 0 Å². The van der Waals surface area contributed by atoms with E-state index in [2.05, 4.69) is 41.7 Å². The Kier molecular flexibility index (Phi) is 3.72. The summed E-state index contributed by atoms with van der Waals surface area (Å²) in [4.78, 5) is 0. The molecule has 0 radical (unpaired) electrons. The Morgan fingerprint density at radius 2 is 1.80 bits per heavy atom. The second-order valence-corrected chi connectivity index (χ2v) is 5.26. The van der Waals surface area contributed by atoms with E-state index < -0.39 is 0 Å². The van der Waals surface area contributed by atoms with Crippen molar-refractivity contribution in [1.82, 2.24) is 0 Å². The lowest BCUT2D eigenvalue weighted by atomic mass is 10.1. The van der Waals surface area contributed by atoms with Gasteiger partial charge in [0.25, 0.3) is 0 Å². The van der Waals surface area contributed by atoms with Gasteiger partial charge in [-0.15, -0.1) is 0 Å². The fourth-order valence-corrected chi connectivity index (χ4v) is 2.94. The minimum absolute atomic E-state index is 0.123. The van der Waals surface area contributed by atoms with Crippen molar-refractivity contribution in [2.45, 2.75) is 25.1 Å². The molecule has 3 N–H and O–H groups in total. The van der Waals surface area contributed by atoms with Crippen LogP contribution in [-0.4, -0.2) is 7.11 Å². The fraction of sp³-hybridized carbons (Fsp3) is 0.294. The van der Waals surface area contributed by atoms with E-state index in [0.29, 0.717) is 6.61 Å². The van der Waals surface area contributed by atoms with Gasteiger partial charge in [0, 0.05) is 24.4 Å². The number of nitrogens with two attached hydrogens (primary N) is 1. The van der Waals surface area contributed by atoms with Gasteiger partial charge in [0.2, 0.25) is 0 Å². The lowest BCUT2D eigenvalue weighted by molar-refractivity contribution is 0.185. The minimum Gasteiger partial charge on any atom is -0.380 e. The SMILES string of the molecule is COCc1ccccc1NC1CC(N)c2ccccc21. The number of para-hydroxylation sites is 1. The van der Waals surface area contributed by atoms with Crippen LogP contribution in [0.3, 0.4) is 0 Å². The smallest absolute Gasteiger partial charge is 0.0733 e. The standard InChI is InChI=1S/C17H20N2O/c1-20-11-12-6-2-5-9-16(12)19-17-10-15(18)13-7-3-4-8-14(13)17/h2-9,15,17,19H,10-11,18H2,1H3. The zero-order valence-electron chi connectivity index (χ0n) is 11.7. The maximum absolute atomic E-state index is 6.22. The second kappa shape index (κ2) is 5.65. The predicted molar refractivity (Wildman–Crippen MR) is 81.5 cm³/mol. The van der Waals surface area contributed by atoms with E-state index in [-0.39, 0.29) is 12.1 Å². The molecule has 3 rings (SSSR count). The Labute approximate surface area is 119 Å². The number of benzene rings is 2. The van der Waals surface area contributed by atoms with E-state index >= 15 is 0 Å². The van der Waals surface area contributed by atoms with Crippen LogP contribution in [0.4, 0.5) is 5.69 Å². The van der Waals surface area contributed by atoms with E-state index in [1.165, 1.54) is 16.7 Å². The molecule has 2 aromatic rings. The van der Waals surface area contributed by atoms with Gasteiger partial charge in [-0.25, -0.2) is 0 Å². The van der Waals surface area contributed by atoms with E-state index in [1.54, 1.807) is 7.11 Å². The van der Waals surface area contributed by atoms with Crippen LogP contribution in [-0.2, 0) is 11.3 Å². The van der Waals surface area contributed by atoms with Crippen LogP contribution in [0.2, 0.25) is 0 Å². The molecular formula is C17H20N2O. The Bertz CT molecular complexity index is 597. The molecule has 2 unspecified atom stereocenters. The average molecular weight is 268 g/mol. The van der Waals surface area contributed by atoms with Crippen LogP contribution in [0.25, 0.3) is 0 Å². The van der Waals surface area contributed by atoms with Crippen LogP contribution in [0.15, 0.2) is 48.5 Å². The molecule has 0 heterocycles. The third-order valence-electron chi connectivity index (χ3n) is 3.91. The first-order chi connectivity index (χ1) is 9.79. The van der Waals surface area contributed by atoms with Crippen molar-refractivity contribution in [2.24, 2.45) is 5.73 Å². The van der Waals surface area contributed by atoms with Gasteiger partial charge in [0.1, 0.15) is 0 Å². The van der Waals surface area contributed by atoms with Crippen molar-refractivity contribution in [2.75, 3.05) is 12.4 Å². The van der Waals surface area contributed by atoms with Gasteiger partial charge in [-0.1, -0.05) is 42.5 Å². The van der Waals surface area contributed by atoms with Crippen molar-refractivity contribution < 1.29 is 4.74 Å². The Balaban J connectivity index is 1.86. The summed E-state index contributed by atoms with van der Waals surface area (Å²) >= 11 is 0. The van der Waals surface area contributed by atoms with Gasteiger partial charge < -0.3 is 15.8 Å². The lowest BCUT2D eigenvalue weighted by Gasteiger charge is -2.18. The maximum Gasteiger partial charge on any atom is 0.0733 e. The highest BCUT2D eigenvalue weighted by molar-refractivity contribution is 5.54. The largest absolute Gasteiger partial charge is 0.380 e. The molecule has 0 amide bonds. The first kappa shape index (κ1) is 13.2. The van der Waals surface area contributed by atoms with Gasteiger partial charge in [-0.3, -0.25) is 0 Å². The Morgan fingerprint density at radius 3 is 2.60 bits per heavy atom. The summed E-state index contributed by atoms with van der Waals surface area (Å²) in [6.45, 7) is 0.615. The van der Waals surface area contributed by atoms with Gasteiger partial charge >= 0.3 is 0 Å². The summed E-state index contributed by atoms with van der Waals surface area (Å²) in [5.74, 6) is 0. The van der Waals surface area contributed by atoms with Crippen molar-refractivity contribution in [3.05, 3.63) is 65.2 Å². The Morgan fingerprint density at radius 1 is 1.10 bits per heavy atom. The highest BCUT2D eigenvalue weighted by Gasteiger charge is 2.28. The molecule has 0 bridgehead atoms. The molecule has 0 spiro atoms. The van der Waals surface area contributed by atoms with Crippen molar-refractivity contribution in [3.63, 3.8) is 0 Å². The van der Waals surface area contributed by atoms with Gasteiger partial charge in [0.15, 0.2) is 0 Å². The molecule has 20 heavy (non-hydrogen) atoms. The summed E-state index contributed by atoms with van der Waals surface area (Å²) in [6.07, 6.45) is 0.931. The molecule has 3 nitrogen and oxygen atoms in total. The molecular weight excluding hydrogens is 248 g/mol. The molecule has 2 atom stereocenters. The average Bonchev–Trinajstić information content (AvgIpc) is 2.79. The zero-order chi connectivity index (χ0) is 13.9. The van der Waals surface area contributed by atoms with Crippen LogP contribution in [0, 0.1) is 0 Å². The monoisotopic (exact) mass is 268 g/mol. The minimum atomic E-state index is 0.123. The number of anilines is 1. The van der Waals surface area contributed by atoms with Crippen LogP contribution in [0.1, 0.15) is 35.2 Å². The maximum atomic E-state index is 6.22. The summed E-state index contributed by atoms with van der Waals surface area (Å²) < 4.78 is 5.26. The van der Waals surface area contributed by atoms with Gasteiger partial charge in [-0.05, 0) is 23.6 Å². The third-order valence-corrected chi connectivity index (χ3v) is 3.91. The van der Waals surface area contributed by atoms with Crippen molar-refractivity contribution in [3.8, 4) is 0 Å². The molecule has 1 aliphatic carbocycles. The lowest BCUT2D eigenvalue weighted by Crippen LogP contribution is -2.11. The van der Waals surface area contributed by atoms with E-state index in [9.17, 15) is 0 Å². The van der Waals surface area contributed by atoms with E-state index in [0.717, 1.165) is 12.1 Å². The van der Waals surface area contributed by atoms with E-state index in [1.807, 2.05) is 12.1 Å². The molecule has 104 valence electrons. The summed E-state index contributed by atoms with van der Waals surface area (Å²) in [5, 5.41) is 3.62. The molecule has 0 aliphatic heterocycles. The zero-order valence-corrected chi connectivity index (χ0v) is 11.7. The fourth-order valence-electron chi connectivity index (χ4n) is 2.94. The van der Waals surface area contributed by atoms with Gasteiger partial charge in [0.05, 0.1) is 12.6 Å². The molecule has 0 aromatic heterocycles. The number of rotatable bonds is 4. The molecule has 2 aromatic carbocycles. The first-order valence-electron chi connectivity index (χ1n) is 6.97. The first-order valence-corrected chi connectivity index (χ1v) is 6.97. The van der Waals surface area contributed by atoms with Gasteiger partial charge in [-0.2, -0.15) is 0 Å². The number of fused-ring (bicyclic) bond motifs is 1. The molecule has 3 heteroatoms. The summed E-state index contributed by atoms with van der Waals surface area (Å²) in [6, 6.07) is 17.1. The van der Waals surface area contributed by atoms with E-state index in [4.69, 9.17) is 10.5 Å². The topological polar surface area (TPSA) is 47.3 Å². The molecule has 1 aliphatic rings. The van der Waals surface area contributed by atoms with Crippen LogP contribution >= 0.6 is 0 Å². The number of hydrogen-bond donors (Lipinski definition) is 2. The highest BCUT2D eigenvalue weighted by atomic mass is 16.5. The Hall–Kier alpha value is -1.84. The number of hydrogen-bond acceptors (Lipinski definition) is 3. The number of ether oxygens (including phenoxy) is 1.